The van der Waals surface area contributed by atoms with Crippen molar-refractivity contribution in [2.75, 3.05) is 26.7 Å². The number of amides is 1. The fourth-order valence-electron chi connectivity index (χ4n) is 7.95. The molecule has 0 aromatic rings. The van der Waals surface area contributed by atoms with Crippen molar-refractivity contribution in [1.29, 1.82) is 0 Å². The smallest absolute Gasteiger partial charge is 0.226 e. The summed E-state index contributed by atoms with van der Waals surface area (Å²) in [4.78, 5) is 17.9. The van der Waals surface area contributed by atoms with Gasteiger partial charge in [-0.2, -0.15) is 0 Å². The van der Waals surface area contributed by atoms with Gasteiger partial charge in [-0.05, 0) is 82.0 Å². The molecule has 3 fully saturated rings. The molecule has 0 radical (unpaired) electrons. The zero-order valence-corrected chi connectivity index (χ0v) is 18.3. The molecule has 3 heteroatoms. The second kappa shape index (κ2) is 6.81. The molecule has 0 N–H and O–H groups in total. The van der Waals surface area contributed by atoms with Crippen LogP contribution in [0.15, 0.2) is 11.8 Å². The van der Waals surface area contributed by atoms with Gasteiger partial charge >= 0.3 is 0 Å². The van der Waals surface area contributed by atoms with E-state index in [1.807, 2.05) is 0 Å². The number of nitrogens with zero attached hydrogens (tertiary/aromatic N) is 2. The SMILES string of the molecule is CCN(CC)C(=O)C1CC[C@H]2[C@@H]3CC=C4N(C)CCC[C@]4(C)[C@@H]3CC[C@]12C. The summed E-state index contributed by atoms with van der Waals surface area (Å²) in [7, 11) is 2.30. The van der Waals surface area contributed by atoms with Crippen molar-refractivity contribution in [3.63, 3.8) is 0 Å². The Bertz CT molecular complexity index is 624. The first kappa shape index (κ1) is 19.3. The average molecular weight is 373 g/mol. The quantitative estimate of drug-likeness (QED) is 0.701. The summed E-state index contributed by atoms with van der Waals surface area (Å²) in [6, 6.07) is 0. The molecule has 4 aliphatic rings. The summed E-state index contributed by atoms with van der Waals surface area (Å²) >= 11 is 0. The van der Waals surface area contributed by atoms with Crippen LogP contribution in [-0.2, 0) is 4.79 Å². The van der Waals surface area contributed by atoms with Gasteiger partial charge in [-0.15, -0.1) is 0 Å². The number of likely N-dealkylation sites (tertiary alicyclic amines) is 1. The van der Waals surface area contributed by atoms with E-state index in [2.05, 4.69) is 50.6 Å². The molecule has 0 aromatic carbocycles. The molecule has 6 atom stereocenters. The number of hydrogen-bond donors (Lipinski definition) is 0. The fraction of sp³-hybridized carbons (Fsp3) is 0.875. The van der Waals surface area contributed by atoms with Crippen molar-refractivity contribution < 1.29 is 4.79 Å². The summed E-state index contributed by atoms with van der Waals surface area (Å²) in [5.74, 6) is 3.05. The first-order chi connectivity index (χ1) is 12.9. The predicted octanol–water partition coefficient (Wildman–Crippen LogP) is 4.93. The first-order valence-electron chi connectivity index (χ1n) is 11.6. The van der Waals surface area contributed by atoms with Crippen molar-refractivity contribution in [2.24, 2.45) is 34.5 Å². The van der Waals surface area contributed by atoms with Gasteiger partial charge in [0.25, 0.3) is 0 Å². The lowest BCUT2D eigenvalue weighted by Crippen LogP contribution is -2.53. The molecule has 3 aliphatic carbocycles. The fourth-order valence-corrected chi connectivity index (χ4v) is 7.95. The van der Waals surface area contributed by atoms with Crippen molar-refractivity contribution in [2.45, 2.75) is 72.6 Å². The molecular weight excluding hydrogens is 332 g/mol. The molecule has 1 unspecified atom stereocenters. The van der Waals surface area contributed by atoms with Crippen LogP contribution in [0.25, 0.3) is 0 Å². The van der Waals surface area contributed by atoms with Gasteiger partial charge in [-0.25, -0.2) is 0 Å². The summed E-state index contributed by atoms with van der Waals surface area (Å²) in [6.07, 6.45) is 11.5. The molecule has 4 rings (SSSR count). The van der Waals surface area contributed by atoms with E-state index in [9.17, 15) is 4.79 Å². The van der Waals surface area contributed by atoms with Gasteiger partial charge in [-0.1, -0.05) is 19.9 Å². The van der Waals surface area contributed by atoms with Crippen LogP contribution in [0.3, 0.4) is 0 Å². The number of piperidine rings is 1. The van der Waals surface area contributed by atoms with Gasteiger partial charge in [0.2, 0.25) is 5.91 Å². The maximum atomic E-state index is 13.3. The van der Waals surface area contributed by atoms with Crippen molar-refractivity contribution in [1.82, 2.24) is 9.80 Å². The number of carbonyl (C=O) groups excluding carboxylic acids is 1. The molecule has 0 spiro atoms. The zero-order valence-electron chi connectivity index (χ0n) is 18.3. The molecule has 27 heavy (non-hydrogen) atoms. The van der Waals surface area contributed by atoms with Gasteiger partial charge in [0.1, 0.15) is 0 Å². The van der Waals surface area contributed by atoms with Crippen LogP contribution in [-0.4, -0.2) is 42.4 Å². The van der Waals surface area contributed by atoms with E-state index in [4.69, 9.17) is 0 Å². The average Bonchev–Trinajstić information content (AvgIpc) is 2.99. The van der Waals surface area contributed by atoms with Crippen molar-refractivity contribution in [3.8, 4) is 0 Å². The monoisotopic (exact) mass is 372 g/mol. The third kappa shape index (κ3) is 2.70. The minimum atomic E-state index is 0.225. The minimum Gasteiger partial charge on any atom is -0.378 e. The van der Waals surface area contributed by atoms with E-state index in [0.29, 0.717) is 11.3 Å². The Hall–Kier alpha value is -0.990. The van der Waals surface area contributed by atoms with E-state index in [0.717, 1.165) is 37.3 Å². The lowest BCUT2D eigenvalue weighted by Gasteiger charge is -2.58. The number of hydrogen-bond acceptors (Lipinski definition) is 2. The van der Waals surface area contributed by atoms with E-state index < -0.39 is 0 Å². The molecule has 1 amide bonds. The zero-order chi connectivity index (χ0) is 19.4. The lowest BCUT2D eigenvalue weighted by molar-refractivity contribution is -0.142. The highest BCUT2D eigenvalue weighted by atomic mass is 16.2. The maximum Gasteiger partial charge on any atom is 0.226 e. The third-order valence-corrected chi connectivity index (χ3v) is 9.40. The largest absolute Gasteiger partial charge is 0.378 e. The number of carbonyl (C=O) groups is 1. The van der Waals surface area contributed by atoms with Crippen LogP contribution in [0.4, 0.5) is 0 Å². The molecule has 1 heterocycles. The summed E-state index contributed by atoms with van der Waals surface area (Å²) in [6.45, 7) is 12.2. The molecule has 2 saturated carbocycles. The van der Waals surface area contributed by atoms with E-state index in [-0.39, 0.29) is 11.3 Å². The Morgan fingerprint density at radius 1 is 1.15 bits per heavy atom. The second-order valence-corrected chi connectivity index (χ2v) is 10.3. The molecule has 1 saturated heterocycles. The lowest BCUT2D eigenvalue weighted by atomic mass is 9.49. The van der Waals surface area contributed by atoms with E-state index in [1.165, 1.54) is 45.1 Å². The molecule has 1 aliphatic heterocycles. The van der Waals surface area contributed by atoms with Crippen LogP contribution >= 0.6 is 0 Å². The van der Waals surface area contributed by atoms with E-state index >= 15 is 0 Å². The molecular formula is C24H40N2O. The maximum absolute atomic E-state index is 13.3. The van der Waals surface area contributed by atoms with Gasteiger partial charge in [0.15, 0.2) is 0 Å². The third-order valence-electron chi connectivity index (χ3n) is 9.40. The molecule has 3 nitrogen and oxygen atoms in total. The van der Waals surface area contributed by atoms with Crippen LogP contribution in [0.1, 0.15) is 72.6 Å². The van der Waals surface area contributed by atoms with Crippen LogP contribution in [0, 0.1) is 34.5 Å². The molecule has 152 valence electrons. The first-order valence-corrected chi connectivity index (χ1v) is 11.6. The Morgan fingerprint density at radius 3 is 2.59 bits per heavy atom. The normalized spacial score (nSPS) is 43.4. The van der Waals surface area contributed by atoms with Gasteiger partial charge in [-0.3, -0.25) is 4.79 Å². The van der Waals surface area contributed by atoms with Gasteiger partial charge < -0.3 is 9.80 Å². The van der Waals surface area contributed by atoms with Gasteiger partial charge in [0.05, 0.1) is 0 Å². The van der Waals surface area contributed by atoms with E-state index in [1.54, 1.807) is 5.70 Å². The molecule has 0 bridgehead atoms. The van der Waals surface area contributed by atoms with Crippen LogP contribution < -0.4 is 0 Å². The predicted molar refractivity (Wildman–Crippen MR) is 111 cm³/mol. The topological polar surface area (TPSA) is 23.6 Å². The van der Waals surface area contributed by atoms with Crippen molar-refractivity contribution in [3.05, 3.63) is 11.8 Å². The highest BCUT2D eigenvalue weighted by Gasteiger charge is 2.60. The Morgan fingerprint density at radius 2 is 1.89 bits per heavy atom. The highest BCUT2D eigenvalue weighted by Crippen LogP contribution is 2.66. The number of rotatable bonds is 3. The summed E-state index contributed by atoms with van der Waals surface area (Å²) < 4.78 is 0. The van der Waals surface area contributed by atoms with Crippen LogP contribution in [0.2, 0.25) is 0 Å². The van der Waals surface area contributed by atoms with Crippen LogP contribution in [0.5, 0.6) is 0 Å². The molecule has 0 aromatic heterocycles. The standard InChI is InChI=1S/C24H40N2O/c1-6-26(7-2)22(27)20-11-10-18-17-9-12-21-24(4,14-8-16-25(21)5)19(17)13-15-23(18,20)3/h12,17-20H,6-11,13-16H2,1-5H3/t17-,18-,19+,20?,23-,24+/m0/s1. The number of fused-ring (bicyclic) bond motifs is 5. The van der Waals surface area contributed by atoms with Crippen molar-refractivity contribution >= 4 is 5.91 Å². The Balaban J connectivity index is 1.61. The van der Waals surface area contributed by atoms with Gasteiger partial charge in [0, 0.05) is 43.7 Å². The highest BCUT2D eigenvalue weighted by molar-refractivity contribution is 5.80. The Kier molecular flexibility index (Phi) is 4.88. The number of allylic oxidation sites excluding steroid dienone is 2. The second-order valence-electron chi connectivity index (χ2n) is 10.3. The summed E-state index contributed by atoms with van der Waals surface area (Å²) in [5.41, 5.74) is 2.23. The Labute approximate surface area is 166 Å². The summed E-state index contributed by atoms with van der Waals surface area (Å²) in [5, 5.41) is 0. The minimum absolute atomic E-state index is 0.225.